The van der Waals surface area contributed by atoms with Gasteiger partial charge in [0.2, 0.25) is 0 Å². The topological polar surface area (TPSA) is 60.5 Å². The van der Waals surface area contributed by atoms with Gasteiger partial charge in [0, 0.05) is 20.3 Å². The molecule has 0 aromatic carbocycles. The Labute approximate surface area is 111 Å². The van der Waals surface area contributed by atoms with E-state index in [2.05, 4.69) is 9.69 Å². The van der Waals surface area contributed by atoms with Crippen molar-refractivity contribution in [2.75, 3.05) is 32.2 Å². The van der Waals surface area contributed by atoms with Crippen molar-refractivity contribution < 1.29 is 14.3 Å². The van der Waals surface area contributed by atoms with Crippen molar-refractivity contribution in [1.82, 2.24) is 4.37 Å². The van der Waals surface area contributed by atoms with Gasteiger partial charge in [-0.3, -0.25) is 0 Å². The van der Waals surface area contributed by atoms with Gasteiger partial charge in [-0.1, -0.05) is 0 Å². The maximum atomic E-state index is 12.0. The van der Waals surface area contributed by atoms with E-state index in [0.717, 1.165) is 36.8 Å². The number of anilines is 1. The number of rotatable bonds is 4. The second kappa shape index (κ2) is 6.15. The van der Waals surface area contributed by atoms with Gasteiger partial charge in [-0.15, -0.1) is 0 Å². The maximum absolute atomic E-state index is 12.0. The third-order valence-electron chi connectivity index (χ3n) is 3.08. The summed E-state index contributed by atoms with van der Waals surface area (Å²) < 4.78 is 14.8. The predicted octanol–water partition coefficient (Wildman–Crippen LogP) is 2.08. The summed E-state index contributed by atoms with van der Waals surface area (Å²) in [6, 6.07) is 0. The van der Waals surface area contributed by atoms with Crippen molar-refractivity contribution >= 4 is 22.5 Å². The molecule has 1 saturated heterocycles. The standard InChI is InChI=1S/C12H18N2O3S/c1-8-10(11(13-2)18-14-8)12(15)17-7-9-3-5-16-6-4-9/h9,13H,3-7H2,1-2H3. The molecule has 5 nitrogen and oxygen atoms in total. The van der Waals surface area contributed by atoms with E-state index in [-0.39, 0.29) is 5.97 Å². The fourth-order valence-corrected chi connectivity index (χ4v) is 2.69. The Kier molecular flexibility index (Phi) is 4.54. The van der Waals surface area contributed by atoms with Crippen LogP contribution >= 0.6 is 11.5 Å². The highest BCUT2D eigenvalue weighted by Crippen LogP contribution is 2.25. The number of nitrogens with one attached hydrogen (secondary N) is 1. The van der Waals surface area contributed by atoms with Crippen molar-refractivity contribution in [2.24, 2.45) is 5.92 Å². The van der Waals surface area contributed by atoms with Crippen LogP contribution in [0.5, 0.6) is 0 Å². The number of carbonyl (C=O) groups excluding carboxylic acids is 1. The van der Waals surface area contributed by atoms with Crippen molar-refractivity contribution in [1.29, 1.82) is 0 Å². The number of nitrogens with zero attached hydrogens (tertiary/aromatic N) is 1. The average molecular weight is 270 g/mol. The lowest BCUT2D eigenvalue weighted by atomic mass is 10.0. The monoisotopic (exact) mass is 270 g/mol. The van der Waals surface area contributed by atoms with Gasteiger partial charge in [0.05, 0.1) is 12.3 Å². The van der Waals surface area contributed by atoms with E-state index in [1.165, 1.54) is 11.5 Å². The van der Waals surface area contributed by atoms with E-state index in [0.29, 0.717) is 18.1 Å². The highest BCUT2D eigenvalue weighted by molar-refractivity contribution is 7.10. The van der Waals surface area contributed by atoms with Crippen LogP contribution in [-0.4, -0.2) is 37.2 Å². The Morgan fingerprint density at radius 1 is 1.56 bits per heavy atom. The lowest BCUT2D eigenvalue weighted by Gasteiger charge is -2.21. The van der Waals surface area contributed by atoms with Crippen LogP contribution < -0.4 is 5.32 Å². The lowest BCUT2D eigenvalue weighted by Crippen LogP contribution is -2.22. The minimum Gasteiger partial charge on any atom is -0.462 e. The molecule has 2 rings (SSSR count). The van der Waals surface area contributed by atoms with Crippen LogP contribution in [0.2, 0.25) is 0 Å². The van der Waals surface area contributed by atoms with Gasteiger partial charge in [-0.05, 0) is 37.2 Å². The molecule has 0 spiro atoms. The third kappa shape index (κ3) is 3.00. The van der Waals surface area contributed by atoms with Crippen LogP contribution in [0, 0.1) is 12.8 Å². The van der Waals surface area contributed by atoms with E-state index < -0.39 is 0 Å². The zero-order chi connectivity index (χ0) is 13.0. The number of carbonyl (C=O) groups is 1. The molecule has 0 bridgehead atoms. The molecule has 0 aliphatic carbocycles. The van der Waals surface area contributed by atoms with Crippen molar-refractivity contribution in [3.63, 3.8) is 0 Å². The molecule has 100 valence electrons. The molecule has 0 atom stereocenters. The second-order valence-electron chi connectivity index (χ2n) is 4.38. The Hall–Kier alpha value is -1.14. The minimum absolute atomic E-state index is 0.280. The van der Waals surface area contributed by atoms with Crippen LogP contribution in [0.4, 0.5) is 5.00 Å². The molecule has 18 heavy (non-hydrogen) atoms. The Bertz CT molecular complexity index is 413. The van der Waals surface area contributed by atoms with Gasteiger partial charge in [-0.2, -0.15) is 4.37 Å². The fourth-order valence-electron chi connectivity index (χ4n) is 1.96. The van der Waals surface area contributed by atoms with Gasteiger partial charge in [0.25, 0.3) is 0 Å². The van der Waals surface area contributed by atoms with Gasteiger partial charge in [0.1, 0.15) is 10.6 Å². The zero-order valence-electron chi connectivity index (χ0n) is 10.7. The van der Waals surface area contributed by atoms with E-state index in [9.17, 15) is 4.79 Å². The molecule has 1 aliphatic heterocycles. The molecule has 1 aromatic heterocycles. The SMILES string of the molecule is CNc1snc(C)c1C(=O)OCC1CCOCC1. The number of esters is 1. The first-order chi connectivity index (χ1) is 8.72. The molecule has 0 radical (unpaired) electrons. The number of aryl methyl sites for hydroxylation is 1. The van der Waals surface area contributed by atoms with Gasteiger partial charge in [0.15, 0.2) is 0 Å². The molecule has 1 N–H and O–H groups in total. The minimum atomic E-state index is -0.280. The molecule has 1 fully saturated rings. The molecule has 0 amide bonds. The normalized spacial score (nSPS) is 16.6. The van der Waals surface area contributed by atoms with Gasteiger partial charge < -0.3 is 14.8 Å². The second-order valence-corrected chi connectivity index (χ2v) is 5.15. The summed E-state index contributed by atoms with van der Waals surface area (Å²) in [6.07, 6.45) is 1.93. The molecular weight excluding hydrogens is 252 g/mol. The number of hydrogen-bond donors (Lipinski definition) is 1. The quantitative estimate of drug-likeness (QED) is 0.849. The van der Waals surface area contributed by atoms with E-state index in [4.69, 9.17) is 9.47 Å². The number of ether oxygens (including phenoxy) is 2. The average Bonchev–Trinajstić information content (AvgIpc) is 2.78. The predicted molar refractivity (Wildman–Crippen MR) is 70.2 cm³/mol. The third-order valence-corrected chi connectivity index (χ3v) is 4.04. The highest BCUT2D eigenvalue weighted by Gasteiger charge is 2.21. The summed E-state index contributed by atoms with van der Waals surface area (Å²) in [5.41, 5.74) is 1.29. The smallest absolute Gasteiger partial charge is 0.343 e. The van der Waals surface area contributed by atoms with E-state index in [1.54, 1.807) is 7.05 Å². The first-order valence-corrected chi connectivity index (χ1v) is 6.88. The lowest BCUT2D eigenvalue weighted by molar-refractivity contribution is 0.0186. The maximum Gasteiger partial charge on any atom is 0.343 e. The number of hydrogen-bond acceptors (Lipinski definition) is 6. The summed E-state index contributed by atoms with van der Waals surface area (Å²) in [7, 11) is 1.78. The molecular formula is C12H18N2O3S. The first kappa shape index (κ1) is 13.3. The zero-order valence-corrected chi connectivity index (χ0v) is 11.5. The van der Waals surface area contributed by atoms with Gasteiger partial charge >= 0.3 is 5.97 Å². The summed E-state index contributed by atoms with van der Waals surface area (Å²) in [5, 5.41) is 3.74. The summed E-state index contributed by atoms with van der Waals surface area (Å²) in [6.45, 7) is 3.83. The molecule has 1 aromatic rings. The molecule has 6 heteroatoms. The Morgan fingerprint density at radius 3 is 2.94 bits per heavy atom. The Balaban J connectivity index is 1.92. The van der Waals surface area contributed by atoms with Crippen LogP contribution in [0.15, 0.2) is 0 Å². The van der Waals surface area contributed by atoms with E-state index in [1.807, 2.05) is 6.92 Å². The van der Waals surface area contributed by atoms with Crippen molar-refractivity contribution in [3.8, 4) is 0 Å². The molecule has 0 unspecified atom stereocenters. The Morgan fingerprint density at radius 2 is 2.28 bits per heavy atom. The van der Waals surface area contributed by atoms with E-state index >= 15 is 0 Å². The fraction of sp³-hybridized carbons (Fsp3) is 0.667. The van der Waals surface area contributed by atoms with Gasteiger partial charge in [-0.25, -0.2) is 4.79 Å². The van der Waals surface area contributed by atoms with Crippen LogP contribution in [0.1, 0.15) is 28.9 Å². The molecule has 0 saturated carbocycles. The summed E-state index contributed by atoms with van der Waals surface area (Å²) >= 11 is 1.28. The van der Waals surface area contributed by atoms with Crippen molar-refractivity contribution in [3.05, 3.63) is 11.3 Å². The van der Waals surface area contributed by atoms with Crippen LogP contribution in [-0.2, 0) is 9.47 Å². The van der Waals surface area contributed by atoms with Crippen LogP contribution in [0.3, 0.4) is 0 Å². The largest absolute Gasteiger partial charge is 0.462 e. The summed E-state index contributed by atoms with van der Waals surface area (Å²) in [5.74, 6) is 0.143. The molecule has 2 heterocycles. The van der Waals surface area contributed by atoms with Crippen molar-refractivity contribution in [2.45, 2.75) is 19.8 Å². The summed E-state index contributed by atoms with van der Waals surface area (Å²) in [4.78, 5) is 12.0. The number of aromatic nitrogens is 1. The molecule has 1 aliphatic rings. The first-order valence-electron chi connectivity index (χ1n) is 6.11. The van der Waals surface area contributed by atoms with Crippen LogP contribution in [0.25, 0.3) is 0 Å². The highest BCUT2D eigenvalue weighted by atomic mass is 32.1.